The maximum absolute atomic E-state index is 12.4. The summed E-state index contributed by atoms with van der Waals surface area (Å²) in [5.41, 5.74) is 7.75. The molecule has 2 aromatic carbocycles. The molecular formula is C20H20N4O3. The van der Waals surface area contributed by atoms with Crippen LogP contribution < -0.4 is 16.2 Å². The van der Waals surface area contributed by atoms with Gasteiger partial charge in [-0.15, -0.1) is 0 Å². The Balaban J connectivity index is 1.58. The van der Waals surface area contributed by atoms with Gasteiger partial charge in [0.25, 0.3) is 5.91 Å². The maximum Gasteiger partial charge on any atom is 0.271 e. The quantitative estimate of drug-likeness (QED) is 0.619. The largest absolute Gasteiger partial charge is 0.350 e. The first-order valence-electron chi connectivity index (χ1n) is 8.44. The van der Waals surface area contributed by atoms with E-state index >= 15 is 0 Å². The van der Waals surface area contributed by atoms with Crippen molar-refractivity contribution in [1.29, 1.82) is 0 Å². The van der Waals surface area contributed by atoms with Gasteiger partial charge in [-0.25, -0.2) is 0 Å². The SMILES string of the molecule is CC(=O)Nc1ccc(CC(=O)NNC(=O)c2cn(C)c3ccccc23)cc1. The number of hydrazine groups is 1. The predicted octanol–water partition coefficient (Wildman–Crippen LogP) is 2.14. The van der Waals surface area contributed by atoms with Gasteiger partial charge in [-0.2, -0.15) is 0 Å². The second-order valence-electron chi connectivity index (χ2n) is 6.23. The third kappa shape index (κ3) is 4.33. The summed E-state index contributed by atoms with van der Waals surface area (Å²) in [6.45, 7) is 1.43. The van der Waals surface area contributed by atoms with E-state index in [2.05, 4.69) is 16.2 Å². The number of anilines is 1. The second kappa shape index (κ2) is 7.74. The highest BCUT2D eigenvalue weighted by molar-refractivity contribution is 6.07. The minimum atomic E-state index is -0.374. The van der Waals surface area contributed by atoms with Crippen molar-refractivity contribution in [3.63, 3.8) is 0 Å². The van der Waals surface area contributed by atoms with Crippen LogP contribution in [-0.2, 0) is 23.1 Å². The normalized spacial score (nSPS) is 10.4. The van der Waals surface area contributed by atoms with Gasteiger partial charge in [0.05, 0.1) is 12.0 Å². The fraction of sp³-hybridized carbons (Fsp3) is 0.150. The molecule has 7 nitrogen and oxygen atoms in total. The first kappa shape index (κ1) is 18.2. The number of amides is 3. The van der Waals surface area contributed by atoms with E-state index in [1.54, 1.807) is 30.5 Å². The minimum absolute atomic E-state index is 0.107. The Morgan fingerprint density at radius 2 is 1.67 bits per heavy atom. The third-order valence-corrected chi connectivity index (χ3v) is 4.10. The predicted molar refractivity (Wildman–Crippen MR) is 103 cm³/mol. The summed E-state index contributed by atoms with van der Waals surface area (Å²) >= 11 is 0. The fourth-order valence-electron chi connectivity index (χ4n) is 2.86. The summed E-state index contributed by atoms with van der Waals surface area (Å²) in [4.78, 5) is 35.5. The summed E-state index contributed by atoms with van der Waals surface area (Å²) in [5, 5.41) is 3.48. The molecule has 0 unspecified atom stereocenters. The number of carbonyl (C=O) groups excluding carboxylic acids is 3. The number of nitrogens with zero attached hydrogens (tertiary/aromatic N) is 1. The van der Waals surface area contributed by atoms with Gasteiger partial charge in [0.15, 0.2) is 0 Å². The molecule has 0 atom stereocenters. The van der Waals surface area contributed by atoms with Crippen LogP contribution >= 0.6 is 0 Å². The Bertz CT molecular complexity index is 1010. The third-order valence-electron chi connectivity index (χ3n) is 4.10. The number of hydrogen-bond donors (Lipinski definition) is 3. The zero-order valence-electron chi connectivity index (χ0n) is 15.1. The summed E-state index contributed by atoms with van der Waals surface area (Å²) in [6.07, 6.45) is 1.84. The maximum atomic E-state index is 12.4. The molecule has 0 aliphatic rings. The van der Waals surface area contributed by atoms with Crippen molar-refractivity contribution in [2.45, 2.75) is 13.3 Å². The molecule has 1 heterocycles. The molecule has 138 valence electrons. The smallest absolute Gasteiger partial charge is 0.271 e. The molecule has 27 heavy (non-hydrogen) atoms. The van der Waals surface area contributed by atoms with Crippen LogP contribution in [0.3, 0.4) is 0 Å². The molecular weight excluding hydrogens is 344 g/mol. The van der Waals surface area contributed by atoms with Crippen LogP contribution in [0.1, 0.15) is 22.8 Å². The van der Waals surface area contributed by atoms with Gasteiger partial charge >= 0.3 is 0 Å². The molecule has 3 N–H and O–H groups in total. The average Bonchev–Trinajstić information content (AvgIpc) is 2.98. The van der Waals surface area contributed by atoms with E-state index in [0.717, 1.165) is 16.5 Å². The van der Waals surface area contributed by atoms with Crippen molar-refractivity contribution in [2.75, 3.05) is 5.32 Å². The van der Waals surface area contributed by atoms with Gasteiger partial charge in [0.2, 0.25) is 11.8 Å². The first-order chi connectivity index (χ1) is 12.9. The van der Waals surface area contributed by atoms with E-state index in [1.807, 2.05) is 35.9 Å². The van der Waals surface area contributed by atoms with Crippen LogP contribution in [0.4, 0.5) is 5.69 Å². The lowest BCUT2D eigenvalue weighted by atomic mass is 10.1. The number of aromatic nitrogens is 1. The van der Waals surface area contributed by atoms with Crippen molar-refractivity contribution >= 4 is 34.3 Å². The molecule has 0 aliphatic carbocycles. The van der Waals surface area contributed by atoms with Gasteiger partial charge in [0, 0.05) is 36.8 Å². The van der Waals surface area contributed by atoms with Gasteiger partial charge in [0.1, 0.15) is 0 Å². The van der Waals surface area contributed by atoms with E-state index in [1.165, 1.54) is 6.92 Å². The van der Waals surface area contributed by atoms with Crippen molar-refractivity contribution in [2.24, 2.45) is 7.05 Å². The highest BCUT2D eigenvalue weighted by Gasteiger charge is 2.14. The topological polar surface area (TPSA) is 92.2 Å². The molecule has 0 saturated heterocycles. The summed E-state index contributed by atoms with van der Waals surface area (Å²) in [5.74, 6) is -0.867. The molecule has 0 saturated carbocycles. The molecule has 3 rings (SSSR count). The van der Waals surface area contributed by atoms with E-state index in [-0.39, 0.29) is 24.1 Å². The lowest BCUT2D eigenvalue weighted by Gasteiger charge is -2.08. The van der Waals surface area contributed by atoms with Gasteiger partial charge in [-0.05, 0) is 23.8 Å². The Morgan fingerprint density at radius 3 is 2.37 bits per heavy atom. The standard InChI is InChI=1S/C20H20N4O3/c1-13(25)21-15-9-7-14(8-10-15)11-19(26)22-23-20(27)17-12-24(2)18-6-4-3-5-16(17)18/h3-10,12H,11H2,1-2H3,(H,21,25)(H,22,26)(H,23,27). The number of fused-ring (bicyclic) bond motifs is 1. The molecule has 7 heteroatoms. The van der Waals surface area contributed by atoms with Crippen LogP contribution in [0.2, 0.25) is 0 Å². The van der Waals surface area contributed by atoms with Gasteiger partial charge in [-0.1, -0.05) is 30.3 Å². The Morgan fingerprint density at radius 1 is 0.963 bits per heavy atom. The average molecular weight is 364 g/mol. The van der Waals surface area contributed by atoms with Gasteiger partial charge in [-0.3, -0.25) is 25.2 Å². The highest BCUT2D eigenvalue weighted by atomic mass is 16.2. The molecule has 3 amide bonds. The summed E-state index contributed by atoms with van der Waals surface area (Å²) in [7, 11) is 1.86. The van der Waals surface area contributed by atoms with Crippen LogP contribution in [0.15, 0.2) is 54.7 Å². The summed E-state index contributed by atoms with van der Waals surface area (Å²) < 4.78 is 1.86. The molecule has 3 aromatic rings. The van der Waals surface area contributed by atoms with E-state index in [0.29, 0.717) is 11.3 Å². The van der Waals surface area contributed by atoms with Crippen LogP contribution in [0.25, 0.3) is 10.9 Å². The minimum Gasteiger partial charge on any atom is -0.350 e. The molecule has 0 spiro atoms. The highest BCUT2D eigenvalue weighted by Crippen LogP contribution is 2.19. The van der Waals surface area contributed by atoms with Crippen molar-refractivity contribution in [3.05, 3.63) is 65.9 Å². The monoisotopic (exact) mass is 364 g/mol. The van der Waals surface area contributed by atoms with E-state index < -0.39 is 0 Å². The molecule has 0 aliphatic heterocycles. The number of nitrogens with one attached hydrogen (secondary N) is 3. The first-order valence-corrected chi connectivity index (χ1v) is 8.44. The molecule has 1 aromatic heterocycles. The number of aryl methyl sites for hydroxylation is 1. The Kier molecular flexibility index (Phi) is 5.21. The molecule has 0 fully saturated rings. The lowest BCUT2D eigenvalue weighted by Crippen LogP contribution is -2.42. The Hall–Kier alpha value is -3.61. The fourth-order valence-corrected chi connectivity index (χ4v) is 2.86. The van der Waals surface area contributed by atoms with Crippen LogP contribution in [-0.4, -0.2) is 22.3 Å². The van der Waals surface area contributed by atoms with E-state index in [4.69, 9.17) is 0 Å². The molecule has 0 radical (unpaired) electrons. The molecule has 0 bridgehead atoms. The number of benzene rings is 2. The number of rotatable bonds is 4. The number of carbonyl (C=O) groups is 3. The number of para-hydroxylation sites is 1. The van der Waals surface area contributed by atoms with Crippen molar-refractivity contribution < 1.29 is 14.4 Å². The Labute approximate surface area is 156 Å². The summed E-state index contributed by atoms with van der Waals surface area (Å²) in [6, 6.07) is 14.5. The number of hydrogen-bond acceptors (Lipinski definition) is 3. The van der Waals surface area contributed by atoms with E-state index in [9.17, 15) is 14.4 Å². The lowest BCUT2D eigenvalue weighted by molar-refractivity contribution is -0.121. The van der Waals surface area contributed by atoms with Crippen LogP contribution in [0, 0.1) is 0 Å². The van der Waals surface area contributed by atoms with Gasteiger partial charge < -0.3 is 9.88 Å². The zero-order valence-corrected chi connectivity index (χ0v) is 15.1. The zero-order chi connectivity index (χ0) is 19.4. The second-order valence-corrected chi connectivity index (χ2v) is 6.23. The van der Waals surface area contributed by atoms with Crippen molar-refractivity contribution in [3.8, 4) is 0 Å². The van der Waals surface area contributed by atoms with Crippen LogP contribution in [0.5, 0.6) is 0 Å². The van der Waals surface area contributed by atoms with Crippen molar-refractivity contribution in [1.82, 2.24) is 15.4 Å².